The average molecular weight is 421 g/mol. The number of hydrogen-bond donors (Lipinski definition) is 0. The third kappa shape index (κ3) is 4.64. The van der Waals surface area contributed by atoms with E-state index in [0.29, 0.717) is 11.8 Å². The van der Waals surface area contributed by atoms with Crippen molar-refractivity contribution in [2.24, 2.45) is 0 Å². The second-order valence-electron chi connectivity index (χ2n) is 10.2. The first-order valence-electron chi connectivity index (χ1n) is 12.4. The third-order valence-electron chi connectivity index (χ3n) is 7.99. The van der Waals surface area contributed by atoms with Gasteiger partial charge in [0.1, 0.15) is 11.5 Å². The lowest BCUT2D eigenvalue weighted by Crippen LogP contribution is -2.21. The van der Waals surface area contributed by atoms with E-state index in [9.17, 15) is 0 Å². The van der Waals surface area contributed by atoms with Crippen LogP contribution in [0.25, 0.3) is 0 Å². The van der Waals surface area contributed by atoms with Crippen LogP contribution in [-0.2, 0) is 5.41 Å². The van der Waals surface area contributed by atoms with Gasteiger partial charge in [-0.2, -0.15) is 0 Å². The summed E-state index contributed by atoms with van der Waals surface area (Å²) in [7, 11) is 3.62. The van der Waals surface area contributed by atoms with Crippen molar-refractivity contribution in [3.8, 4) is 11.5 Å². The molecular formula is C29H40O2. The fraction of sp³-hybridized carbons (Fsp3) is 0.586. The van der Waals surface area contributed by atoms with E-state index in [0.717, 1.165) is 11.5 Å². The Bertz CT molecular complexity index is 799. The van der Waals surface area contributed by atoms with Crippen LogP contribution in [0.4, 0.5) is 0 Å². The molecule has 31 heavy (non-hydrogen) atoms. The molecule has 2 fully saturated rings. The number of rotatable bonds is 6. The van der Waals surface area contributed by atoms with Gasteiger partial charge in [-0.15, -0.1) is 0 Å². The molecule has 2 aliphatic carbocycles. The highest BCUT2D eigenvalue weighted by molar-refractivity contribution is 5.49. The summed E-state index contributed by atoms with van der Waals surface area (Å²) >= 11 is 0. The summed E-state index contributed by atoms with van der Waals surface area (Å²) in [6.07, 6.45) is 13.2. The molecule has 0 bridgehead atoms. The summed E-state index contributed by atoms with van der Waals surface area (Å²) in [5.41, 5.74) is 5.52. The first-order valence-corrected chi connectivity index (χ1v) is 12.4. The van der Waals surface area contributed by atoms with Gasteiger partial charge in [-0.05, 0) is 71.9 Å². The minimum absolute atomic E-state index is 0.0641. The number of methoxy groups -OCH3 is 2. The molecule has 0 radical (unpaired) electrons. The molecule has 0 N–H and O–H groups in total. The van der Waals surface area contributed by atoms with Crippen LogP contribution < -0.4 is 9.47 Å². The summed E-state index contributed by atoms with van der Waals surface area (Å²) in [6, 6.07) is 13.8. The van der Waals surface area contributed by atoms with Crippen LogP contribution >= 0.6 is 0 Å². The van der Waals surface area contributed by atoms with Crippen LogP contribution in [0.3, 0.4) is 0 Å². The summed E-state index contributed by atoms with van der Waals surface area (Å²) < 4.78 is 11.6. The van der Waals surface area contributed by atoms with Gasteiger partial charge in [0.25, 0.3) is 0 Å². The molecule has 0 unspecified atom stereocenters. The Morgan fingerprint density at radius 3 is 1.35 bits per heavy atom. The lowest BCUT2D eigenvalue weighted by Gasteiger charge is -2.31. The van der Waals surface area contributed by atoms with Gasteiger partial charge in [0.15, 0.2) is 0 Å². The van der Waals surface area contributed by atoms with E-state index in [2.05, 4.69) is 50.2 Å². The minimum atomic E-state index is -0.0641. The molecule has 0 atom stereocenters. The molecule has 2 nitrogen and oxygen atoms in total. The fourth-order valence-corrected chi connectivity index (χ4v) is 5.88. The van der Waals surface area contributed by atoms with Gasteiger partial charge in [0.05, 0.1) is 14.2 Å². The molecule has 2 aromatic rings. The van der Waals surface area contributed by atoms with Crippen molar-refractivity contribution in [2.45, 2.75) is 95.3 Å². The second kappa shape index (κ2) is 9.67. The van der Waals surface area contributed by atoms with Gasteiger partial charge in [-0.25, -0.2) is 0 Å². The largest absolute Gasteiger partial charge is 0.496 e. The summed E-state index contributed by atoms with van der Waals surface area (Å²) in [6.45, 7) is 4.73. The lowest BCUT2D eigenvalue weighted by molar-refractivity contribution is 0.385. The Kier molecular flexibility index (Phi) is 6.94. The Morgan fingerprint density at radius 1 is 0.613 bits per heavy atom. The van der Waals surface area contributed by atoms with Crippen molar-refractivity contribution in [3.05, 3.63) is 58.7 Å². The molecule has 4 rings (SSSR count). The highest BCUT2D eigenvalue weighted by Crippen LogP contribution is 2.43. The van der Waals surface area contributed by atoms with Gasteiger partial charge in [-0.3, -0.25) is 0 Å². The SMILES string of the molecule is COc1ccc(C(C)(C)c2ccc(OC)c(C3CCCCC3)c2)cc1C1CCCCC1. The molecule has 0 amide bonds. The van der Waals surface area contributed by atoms with Gasteiger partial charge in [-0.1, -0.05) is 76.6 Å². The topological polar surface area (TPSA) is 18.5 Å². The standard InChI is InChI=1S/C29H40O2/c1-29(2,23-15-17-27(30-3)25(19-23)21-11-7-5-8-12-21)24-16-18-28(31-4)26(20-24)22-13-9-6-10-14-22/h15-22H,5-14H2,1-4H3. The lowest BCUT2D eigenvalue weighted by atomic mass is 9.74. The maximum absolute atomic E-state index is 5.78. The maximum atomic E-state index is 5.78. The van der Waals surface area contributed by atoms with Crippen LogP contribution in [0.5, 0.6) is 11.5 Å². The third-order valence-corrected chi connectivity index (χ3v) is 7.99. The quantitative estimate of drug-likeness (QED) is 0.469. The van der Waals surface area contributed by atoms with E-state index < -0.39 is 0 Å². The predicted molar refractivity (Wildman–Crippen MR) is 130 cm³/mol. The average Bonchev–Trinajstić information content (AvgIpc) is 2.84. The molecule has 0 saturated heterocycles. The molecule has 168 valence electrons. The van der Waals surface area contributed by atoms with Crippen molar-refractivity contribution in [1.29, 1.82) is 0 Å². The van der Waals surface area contributed by atoms with Crippen LogP contribution in [0.2, 0.25) is 0 Å². The molecule has 0 heterocycles. The zero-order valence-corrected chi connectivity index (χ0v) is 20.0. The zero-order valence-electron chi connectivity index (χ0n) is 20.0. The Morgan fingerprint density at radius 2 is 1.00 bits per heavy atom. The first-order chi connectivity index (χ1) is 15.0. The van der Waals surface area contributed by atoms with E-state index in [1.807, 2.05) is 14.2 Å². The molecule has 0 aliphatic heterocycles. The van der Waals surface area contributed by atoms with Crippen molar-refractivity contribution < 1.29 is 9.47 Å². The normalized spacial score (nSPS) is 18.7. The van der Waals surface area contributed by atoms with E-state index in [1.165, 1.54) is 86.5 Å². The monoisotopic (exact) mass is 420 g/mol. The van der Waals surface area contributed by atoms with Gasteiger partial charge in [0.2, 0.25) is 0 Å². The summed E-state index contributed by atoms with van der Waals surface area (Å²) in [4.78, 5) is 0. The van der Waals surface area contributed by atoms with E-state index >= 15 is 0 Å². The molecule has 2 aromatic carbocycles. The number of hydrogen-bond acceptors (Lipinski definition) is 2. The molecule has 2 aliphatic rings. The molecule has 2 heteroatoms. The highest BCUT2D eigenvalue weighted by atomic mass is 16.5. The van der Waals surface area contributed by atoms with Crippen molar-refractivity contribution in [2.75, 3.05) is 14.2 Å². The maximum Gasteiger partial charge on any atom is 0.122 e. The van der Waals surface area contributed by atoms with E-state index in [1.54, 1.807) is 0 Å². The van der Waals surface area contributed by atoms with E-state index in [-0.39, 0.29) is 5.41 Å². The number of ether oxygens (including phenoxy) is 2. The molecule has 0 spiro atoms. The zero-order chi connectivity index (χ0) is 21.8. The van der Waals surface area contributed by atoms with E-state index in [4.69, 9.17) is 9.47 Å². The first kappa shape index (κ1) is 22.2. The van der Waals surface area contributed by atoms with Crippen molar-refractivity contribution >= 4 is 0 Å². The predicted octanol–water partition coefficient (Wildman–Crippen LogP) is 8.13. The summed E-state index contributed by atoms with van der Waals surface area (Å²) in [5, 5.41) is 0. The minimum Gasteiger partial charge on any atom is -0.496 e. The van der Waals surface area contributed by atoms with Crippen LogP contribution in [-0.4, -0.2) is 14.2 Å². The summed E-state index contributed by atoms with van der Waals surface area (Å²) in [5.74, 6) is 3.38. The second-order valence-corrected chi connectivity index (χ2v) is 10.2. The molecule has 2 saturated carbocycles. The van der Waals surface area contributed by atoms with Crippen LogP contribution in [0.15, 0.2) is 36.4 Å². The van der Waals surface area contributed by atoms with Crippen LogP contribution in [0.1, 0.15) is 112 Å². The molecule has 0 aromatic heterocycles. The van der Waals surface area contributed by atoms with Crippen LogP contribution in [0, 0.1) is 0 Å². The van der Waals surface area contributed by atoms with Gasteiger partial charge >= 0.3 is 0 Å². The van der Waals surface area contributed by atoms with Crippen molar-refractivity contribution in [1.82, 2.24) is 0 Å². The Labute approximate surface area is 189 Å². The van der Waals surface area contributed by atoms with Gasteiger partial charge < -0.3 is 9.47 Å². The Balaban J connectivity index is 1.70. The molecular weight excluding hydrogens is 380 g/mol. The van der Waals surface area contributed by atoms with Gasteiger partial charge in [0, 0.05) is 5.41 Å². The highest BCUT2D eigenvalue weighted by Gasteiger charge is 2.29. The number of benzene rings is 2. The fourth-order valence-electron chi connectivity index (χ4n) is 5.88. The van der Waals surface area contributed by atoms with Crippen molar-refractivity contribution in [3.63, 3.8) is 0 Å². The Hall–Kier alpha value is -1.96. The smallest absolute Gasteiger partial charge is 0.122 e.